The van der Waals surface area contributed by atoms with Crippen LogP contribution in [0.2, 0.25) is 0 Å². The lowest BCUT2D eigenvalue weighted by molar-refractivity contribution is -0.144. The third-order valence-electron chi connectivity index (χ3n) is 5.03. The number of nitrogens with one attached hydrogen (secondary N) is 1. The summed E-state index contributed by atoms with van der Waals surface area (Å²) in [4.78, 5) is 36.1. The molecule has 180 valence electrons. The van der Waals surface area contributed by atoms with Gasteiger partial charge in [0.15, 0.2) is 0 Å². The number of carbonyl (C=O) groups excluding carboxylic acids is 3. The molecule has 35 heavy (non-hydrogen) atoms. The first-order chi connectivity index (χ1) is 16.9. The van der Waals surface area contributed by atoms with Crippen molar-refractivity contribution in [3.63, 3.8) is 0 Å². The Bertz CT molecular complexity index is 1170. The number of ketones is 1. The molecule has 0 heterocycles. The van der Waals surface area contributed by atoms with E-state index in [-0.39, 0.29) is 30.1 Å². The summed E-state index contributed by atoms with van der Waals surface area (Å²) in [6.07, 6.45) is -0.0575. The average Bonchev–Trinajstić information content (AvgIpc) is 2.84. The van der Waals surface area contributed by atoms with Gasteiger partial charge in [-0.2, -0.15) is 0 Å². The van der Waals surface area contributed by atoms with Crippen LogP contribution in [-0.2, 0) is 32.1 Å². The zero-order chi connectivity index (χ0) is 25.0. The Morgan fingerprint density at radius 1 is 0.829 bits per heavy atom. The van der Waals surface area contributed by atoms with E-state index >= 15 is 0 Å². The number of esters is 1. The molecule has 0 aromatic heterocycles. The Morgan fingerprint density at radius 2 is 1.43 bits per heavy atom. The summed E-state index contributed by atoms with van der Waals surface area (Å²) in [7, 11) is 0. The number of Topliss-reactive ketones (excluding diaryl/α,β-unsaturated/α-hetero) is 1. The summed E-state index contributed by atoms with van der Waals surface area (Å²) >= 11 is 0. The summed E-state index contributed by atoms with van der Waals surface area (Å²) in [6, 6.07) is 26.1. The number of hydrogen-bond acceptors (Lipinski definition) is 6. The molecule has 3 aromatic rings. The number of amides is 1. The zero-order valence-corrected chi connectivity index (χ0v) is 19.5. The van der Waals surface area contributed by atoms with Gasteiger partial charge in [0.25, 0.3) is 5.91 Å². The molecule has 0 saturated heterocycles. The molecule has 3 N–H and O–H groups in total. The first kappa shape index (κ1) is 25.2. The molecule has 3 aromatic carbocycles. The molecule has 0 saturated carbocycles. The number of allylic oxidation sites excluding steroid dienone is 1. The number of benzene rings is 3. The van der Waals surface area contributed by atoms with E-state index in [0.29, 0.717) is 24.5 Å². The van der Waals surface area contributed by atoms with Crippen molar-refractivity contribution in [1.82, 2.24) is 0 Å². The Kier molecular flexibility index (Phi) is 9.19. The van der Waals surface area contributed by atoms with E-state index in [2.05, 4.69) is 5.32 Å². The molecule has 0 aliphatic rings. The second-order valence-electron chi connectivity index (χ2n) is 7.96. The van der Waals surface area contributed by atoms with E-state index in [4.69, 9.17) is 15.2 Å². The van der Waals surface area contributed by atoms with Gasteiger partial charge in [-0.15, -0.1) is 0 Å². The maximum absolute atomic E-state index is 13.0. The van der Waals surface area contributed by atoms with Gasteiger partial charge in [-0.3, -0.25) is 14.4 Å². The van der Waals surface area contributed by atoms with Crippen molar-refractivity contribution < 1.29 is 23.9 Å². The van der Waals surface area contributed by atoms with E-state index in [1.54, 1.807) is 24.3 Å². The van der Waals surface area contributed by atoms with Crippen LogP contribution in [0.3, 0.4) is 0 Å². The Morgan fingerprint density at radius 3 is 2.03 bits per heavy atom. The zero-order valence-electron chi connectivity index (χ0n) is 19.5. The SMILES string of the molecule is CC(=O)CC(=O)OC/C(C(=O)Nc1ccc(OCc2ccccc2)cc1)=C(\N)Cc1ccccc1. The molecule has 0 spiro atoms. The van der Waals surface area contributed by atoms with Crippen molar-refractivity contribution in [2.45, 2.75) is 26.4 Å². The van der Waals surface area contributed by atoms with Crippen molar-refractivity contribution in [2.75, 3.05) is 11.9 Å². The smallest absolute Gasteiger partial charge is 0.313 e. The van der Waals surface area contributed by atoms with Crippen molar-refractivity contribution in [3.8, 4) is 5.75 Å². The van der Waals surface area contributed by atoms with E-state index in [0.717, 1.165) is 11.1 Å². The summed E-state index contributed by atoms with van der Waals surface area (Å²) in [5.41, 5.74) is 9.13. The van der Waals surface area contributed by atoms with Gasteiger partial charge in [0.05, 0.1) is 5.57 Å². The van der Waals surface area contributed by atoms with Crippen molar-refractivity contribution in [3.05, 3.63) is 107 Å². The average molecular weight is 473 g/mol. The van der Waals surface area contributed by atoms with Crippen LogP contribution in [0, 0.1) is 0 Å². The number of hydrogen-bond donors (Lipinski definition) is 2. The molecule has 7 nitrogen and oxygen atoms in total. The van der Waals surface area contributed by atoms with Crippen LogP contribution in [0.1, 0.15) is 24.5 Å². The second-order valence-corrected chi connectivity index (χ2v) is 7.96. The van der Waals surface area contributed by atoms with Gasteiger partial charge in [0.1, 0.15) is 31.2 Å². The van der Waals surface area contributed by atoms with Gasteiger partial charge >= 0.3 is 5.97 Å². The highest BCUT2D eigenvalue weighted by Crippen LogP contribution is 2.19. The maximum Gasteiger partial charge on any atom is 0.313 e. The fourth-order valence-electron chi connectivity index (χ4n) is 3.22. The van der Waals surface area contributed by atoms with Gasteiger partial charge in [-0.25, -0.2) is 0 Å². The van der Waals surface area contributed by atoms with E-state index < -0.39 is 11.9 Å². The highest BCUT2D eigenvalue weighted by atomic mass is 16.5. The standard InChI is InChI=1S/C28H28N2O5/c1-20(31)16-27(32)35-19-25(26(29)17-21-8-4-2-5-9-21)28(33)30-23-12-14-24(15-13-23)34-18-22-10-6-3-7-11-22/h2-15H,16-19,29H2,1H3,(H,30,33)/b26-25+. The molecule has 1 amide bonds. The molecular formula is C28H28N2O5. The number of carbonyl (C=O) groups is 3. The van der Waals surface area contributed by atoms with Crippen molar-refractivity contribution in [1.29, 1.82) is 0 Å². The molecule has 0 atom stereocenters. The van der Waals surface area contributed by atoms with Crippen LogP contribution >= 0.6 is 0 Å². The summed E-state index contributed by atoms with van der Waals surface area (Å²) in [5, 5.41) is 2.78. The highest BCUT2D eigenvalue weighted by molar-refractivity contribution is 6.04. The third kappa shape index (κ3) is 8.47. The lowest BCUT2D eigenvalue weighted by Gasteiger charge is -2.14. The summed E-state index contributed by atoms with van der Waals surface area (Å²) in [6.45, 7) is 1.39. The number of nitrogens with two attached hydrogens (primary N) is 1. The van der Waals surface area contributed by atoms with Crippen LogP contribution in [-0.4, -0.2) is 24.3 Å². The number of rotatable bonds is 11. The summed E-state index contributed by atoms with van der Waals surface area (Å²) in [5.74, 6) is -0.872. The number of anilines is 1. The minimum atomic E-state index is -0.713. The Labute approximate surface area is 204 Å². The minimum absolute atomic E-state index is 0.121. The highest BCUT2D eigenvalue weighted by Gasteiger charge is 2.18. The lowest BCUT2D eigenvalue weighted by atomic mass is 10.1. The Hall–Kier alpha value is -4.39. The van der Waals surface area contributed by atoms with Gasteiger partial charge in [0, 0.05) is 17.8 Å². The predicted molar refractivity (Wildman–Crippen MR) is 133 cm³/mol. The first-order valence-electron chi connectivity index (χ1n) is 11.2. The van der Waals surface area contributed by atoms with Crippen LogP contribution in [0.5, 0.6) is 5.75 Å². The second kappa shape index (κ2) is 12.7. The number of ether oxygens (including phenoxy) is 2. The Balaban J connectivity index is 1.68. The third-order valence-corrected chi connectivity index (χ3v) is 5.03. The van der Waals surface area contributed by atoms with Gasteiger partial charge < -0.3 is 20.5 Å². The van der Waals surface area contributed by atoms with Crippen LogP contribution in [0.25, 0.3) is 0 Å². The molecule has 7 heteroatoms. The molecular weight excluding hydrogens is 444 g/mol. The van der Waals surface area contributed by atoms with Gasteiger partial charge in [0.2, 0.25) is 0 Å². The van der Waals surface area contributed by atoms with Crippen molar-refractivity contribution in [2.24, 2.45) is 5.73 Å². The molecule has 0 unspecified atom stereocenters. The largest absolute Gasteiger partial charge is 0.489 e. The van der Waals surface area contributed by atoms with Crippen LogP contribution in [0.4, 0.5) is 5.69 Å². The normalized spacial score (nSPS) is 11.2. The lowest BCUT2D eigenvalue weighted by Crippen LogP contribution is -2.24. The fourth-order valence-corrected chi connectivity index (χ4v) is 3.22. The molecule has 0 aliphatic heterocycles. The molecule has 0 aliphatic carbocycles. The quantitative estimate of drug-likeness (QED) is 0.246. The fraction of sp³-hybridized carbons (Fsp3) is 0.179. The van der Waals surface area contributed by atoms with Crippen LogP contribution in [0.15, 0.2) is 96.2 Å². The maximum atomic E-state index is 13.0. The molecule has 0 fully saturated rings. The molecule has 0 bridgehead atoms. The van der Waals surface area contributed by atoms with E-state index in [1.165, 1.54) is 6.92 Å². The van der Waals surface area contributed by atoms with Gasteiger partial charge in [-0.1, -0.05) is 60.7 Å². The van der Waals surface area contributed by atoms with Crippen LogP contribution < -0.4 is 15.8 Å². The van der Waals surface area contributed by atoms with E-state index in [9.17, 15) is 14.4 Å². The van der Waals surface area contributed by atoms with Crippen molar-refractivity contribution >= 4 is 23.3 Å². The topological polar surface area (TPSA) is 108 Å². The summed E-state index contributed by atoms with van der Waals surface area (Å²) < 4.78 is 10.9. The van der Waals surface area contributed by atoms with E-state index in [1.807, 2.05) is 60.7 Å². The minimum Gasteiger partial charge on any atom is -0.489 e. The molecule has 0 radical (unpaired) electrons. The predicted octanol–water partition coefficient (Wildman–Crippen LogP) is 4.18. The molecule has 3 rings (SSSR count). The first-order valence-corrected chi connectivity index (χ1v) is 11.2. The monoisotopic (exact) mass is 472 g/mol. The van der Waals surface area contributed by atoms with Gasteiger partial charge in [-0.05, 0) is 42.3 Å².